The van der Waals surface area contributed by atoms with Crippen molar-refractivity contribution in [3.63, 3.8) is 0 Å². The molecule has 1 aliphatic carbocycles. The third kappa shape index (κ3) is 3.98. The lowest BCUT2D eigenvalue weighted by Crippen LogP contribution is -2.21. The van der Waals surface area contributed by atoms with Crippen LogP contribution in [-0.4, -0.2) is 16.3 Å². The van der Waals surface area contributed by atoms with E-state index in [4.69, 9.17) is 11.6 Å². The highest BCUT2D eigenvalue weighted by atomic mass is 35.5. The average molecular weight is 298 g/mol. The van der Waals surface area contributed by atoms with E-state index in [0.717, 1.165) is 48.4 Å². The van der Waals surface area contributed by atoms with Gasteiger partial charge in [0.15, 0.2) is 0 Å². The summed E-state index contributed by atoms with van der Waals surface area (Å²) in [6.45, 7) is 7.05. The normalized spacial score (nSPS) is 16.8. The molecule has 1 heterocycles. The molecule has 0 atom stereocenters. The maximum atomic E-state index is 6.41. The Balaban J connectivity index is 1.79. The van der Waals surface area contributed by atoms with Gasteiger partial charge < -0.3 is 5.32 Å². The lowest BCUT2D eigenvalue weighted by Gasteiger charge is -2.21. The quantitative estimate of drug-likeness (QED) is 0.765. The van der Waals surface area contributed by atoms with Crippen LogP contribution in [-0.2, 0) is 19.5 Å². The van der Waals surface area contributed by atoms with Gasteiger partial charge in [0.05, 0.1) is 16.4 Å². The summed E-state index contributed by atoms with van der Waals surface area (Å²) in [5.41, 5.74) is 2.17. The predicted octanol–water partition coefficient (Wildman–Crippen LogP) is 4.18. The number of aryl methyl sites for hydroxylation is 2. The summed E-state index contributed by atoms with van der Waals surface area (Å²) in [5.74, 6) is 0.939. The molecule has 0 spiro atoms. The van der Waals surface area contributed by atoms with Gasteiger partial charge in [-0.25, -0.2) is 0 Å². The van der Waals surface area contributed by atoms with Crippen LogP contribution in [0.4, 0.5) is 0 Å². The molecule has 1 fully saturated rings. The van der Waals surface area contributed by atoms with Crippen molar-refractivity contribution in [2.24, 2.45) is 5.92 Å². The SMILES string of the molecule is CCc1nn(CC)c(CNCCC2CCCCC2)c1Cl. The van der Waals surface area contributed by atoms with Gasteiger partial charge in [0.2, 0.25) is 0 Å². The molecule has 0 aliphatic heterocycles. The van der Waals surface area contributed by atoms with Crippen LogP contribution in [0.1, 0.15) is 63.8 Å². The van der Waals surface area contributed by atoms with Crippen molar-refractivity contribution in [1.82, 2.24) is 15.1 Å². The predicted molar refractivity (Wildman–Crippen MR) is 85.2 cm³/mol. The Morgan fingerprint density at radius 1 is 1.25 bits per heavy atom. The fourth-order valence-electron chi connectivity index (χ4n) is 3.17. The molecule has 114 valence electrons. The zero-order valence-electron chi connectivity index (χ0n) is 12.9. The molecule has 1 aromatic rings. The standard InChI is InChI=1S/C16H28ClN3/c1-3-14-16(17)15(20(4-2)19-14)12-18-11-10-13-8-6-5-7-9-13/h13,18H,3-12H2,1-2H3. The molecule has 2 rings (SSSR count). The van der Waals surface area contributed by atoms with E-state index in [2.05, 4.69) is 24.3 Å². The summed E-state index contributed by atoms with van der Waals surface area (Å²) in [5, 5.41) is 8.98. The third-order valence-corrected chi connectivity index (χ3v) is 4.88. The number of nitrogens with one attached hydrogen (secondary N) is 1. The first-order chi connectivity index (χ1) is 9.76. The van der Waals surface area contributed by atoms with Crippen molar-refractivity contribution >= 4 is 11.6 Å². The second-order valence-electron chi connectivity index (χ2n) is 5.85. The van der Waals surface area contributed by atoms with Crippen molar-refractivity contribution in [2.75, 3.05) is 6.54 Å². The van der Waals surface area contributed by atoms with Crippen molar-refractivity contribution in [2.45, 2.75) is 71.9 Å². The highest BCUT2D eigenvalue weighted by Crippen LogP contribution is 2.26. The minimum absolute atomic E-state index is 0.840. The summed E-state index contributed by atoms with van der Waals surface area (Å²) in [7, 11) is 0. The molecule has 1 N–H and O–H groups in total. The van der Waals surface area contributed by atoms with Crippen molar-refractivity contribution in [3.05, 3.63) is 16.4 Å². The van der Waals surface area contributed by atoms with Crippen LogP contribution in [0.15, 0.2) is 0 Å². The maximum Gasteiger partial charge on any atom is 0.0863 e. The number of nitrogens with zero attached hydrogens (tertiary/aromatic N) is 2. The Hall–Kier alpha value is -0.540. The molecule has 1 aromatic heterocycles. The van der Waals surface area contributed by atoms with E-state index in [1.807, 2.05) is 4.68 Å². The van der Waals surface area contributed by atoms with Crippen molar-refractivity contribution in [1.29, 1.82) is 0 Å². The molecule has 0 radical (unpaired) electrons. The second kappa shape index (κ2) is 8.04. The largest absolute Gasteiger partial charge is 0.311 e. The van der Waals surface area contributed by atoms with Crippen LogP contribution < -0.4 is 5.32 Å². The lowest BCUT2D eigenvalue weighted by molar-refractivity contribution is 0.333. The van der Waals surface area contributed by atoms with Gasteiger partial charge in [-0.1, -0.05) is 50.6 Å². The molecule has 0 amide bonds. The summed E-state index contributed by atoms with van der Waals surface area (Å²) in [6, 6.07) is 0. The fraction of sp³-hybridized carbons (Fsp3) is 0.812. The topological polar surface area (TPSA) is 29.9 Å². The zero-order valence-corrected chi connectivity index (χ0v) is 13.7. The summed E-state index contributed by atoms with van der Waals surface area (Å²) >= 11 is 6.41. The van der Waals surface area contributed by atoms with Gasteiger partial charge in [-0.2, -0.15) is 5.10 Å². The smallest absolute Gasteiger partial charge is 0.0863 e. The number of halogens is 1. The second-order valence-corrected chi connectivity index (χ2v) is 6.22. The molecular formula is C16H28ClN3. The third-order valence-electron chi connectivity index (χ3n) is 4.44. The molecule has 3 nitrogen and oxygen atoms in total. The monoisotopic (exact) mass is 297 g/mol. The Morgan fingerprint density at radius 2 is 2.00 bits per heavy atom. The number of hydrogen-bond donors (Lipinski definition) is 1. The van der Waals surface area contributed by atoms with E-state index >= 15 is 0 Å². The summed E-state index contributed by atoms with van der Waals surface area (Å²) in [4.78, 5) is 0. The molecule has 0 aromatic carbocycles. The van der Waals surface area contributed by atoms with Gasteiger partial charge in [0, 0.05) is 13.1 Å². The molecule has 0 bridgehead atoms. The van der Waals surface area contributed by atoms with Crippen LogP contribution in [0.25, 0.3) is 0 Å². The first kappa shape index (κ1) is 15.8. The van der Waals surface area contributed by atoms with Gasteiger partial charge in [0.25, 0.3) is 0 Å². The van der Waals surface area contributed by atoms with Gasteiger partial charge in [0.1, 0.15) is 0 Å². The maximum absolute atomic E-state index is 6.41. The van der Waals surface area contributed by atoms with Crippen LogP contribution in [0.3, 0.4) is 0 Å². The number of aromatic nitrogens is 2. The molecule has 20 heavy (non-hydrogen) atoms. The van der Waals surface area contributed by atoms with E-state index in [1.165, 1.54) is 38.5 Å². The Morgan fingerprint density at radius 3 is 2.65 bits per heavy atom. The summed E-state index contributed by atoms with van der Waals surface area (Å²) < 4.78 is 2.04. The van der Waals surface area contributed by atoms with E-state index in [1.54, 1.807) is 0 Å². The average Bonchev–Trinajstić information content (AvgIpc) is 2.80. The first-order valence-corrected chi connectivity index (χ1v) is 8.58. The van der Waals surface area contributed by atoms with Gasteiger partial charge in [-0.05, 0) is 32.2 Å². The molecule has 1 saturated carbocycles. The van der Waals surface area contributed by atoms with E-state index in [9.17, 15) is 0 Å². The highest BCUT2D eigenvalue weighted by molar-refractivity contribution is 6.31. The number of hydrogen-bond acceptors (Lipinski definition) is 2. The molecule has 0 unspecified atom stereocenters. The van der Waals surface area contributed by atoms with Gasteiger partial charge in [-0.15, -0.1) is 0 Å². The number of rotatable bonds is 7. The molecule has 0 saturated heterocycles. The fourth-order valence-corrected chi connectivity index (χ4v) is 3.51. The van der Waals surface area contributed by atoms with Gasteiger partial charge >= 0.3 is 0 Å². The Kier molecular flexibility index (Phi) is 6.37. The summed E-state index contributed by atoms with van der Waals surface area (Å²) in [6.07, 6.45) is 9.36. The highest BCUT2D eigenvalue weighted by Gasteiger charge is 2.15. The zero-order chi connectivity index (χ0) is 14.4. The molecule has 4 heteroatoms. The molecule has 1 aliphatic rings. The minimum Gasteiger partial charge on any atom is -0.311 e. The molecular weight excluding hydrogens is 270 g/mol. The van der Waals surface area contributed by atoms with Crippen molar-refractivity contribution < 1.29 is 0 Å². The minimum atomic E-state index is 0.840. The van der Waals surface area contributed by atoms with Crippen LogP contribution in [0.2, 0.25) is 5.02 Å². The Bertz CT molecular complexity index is 408. The van der Waals surface area contributed by atoms with Crippen LogP contribution in [0.5, 0.6) is 0 Å². The lowest BCUT2D eigenvalue weighted by atomic mass is 9.87. The van der Waals surface area contributed by atoms with E-state index in [-0.39, 0.29) is 0 Å². The van der Waals surface area contributed by atoms with Crippen LogP contribution in [0, 0.1) is 5.92 Å². The van der Waals surface area contributed by atoms with E-state index in [0.29, 0.717) is 0 Å². The van der Waals surface area contributed by atoms with E-state index < -0.39 is 0 Å². The first-order valence-electron chi connectivity index (χ1n) is 8.21. The van der Waals surface area contributed by atoms with Gasteiger partial charge in [-0.3, -0.25) is 4.68 Å². The van der Waals surface area contributed by atoms with Crippen molar-refractivity contribution in [3.8, 4) is 0 Å². The Labute approximate surface area is 128 Å². The van der Waals surface area contributed by atoms with Crippen LogP contribution >= 0.6 is 11.6 Å².